The van der Waals surface area contributed by atoms with Crippen molar-refractivity contribution in [3.63, 3.8) is 0 Å². The zero-order valence-electron chi connectivity index (χ0n) is 18.2. The van der Waals surface area contributed by atoms with Gasteiger partial charge in [0.05, 0.1) is 12.4 Å². The molecule has 1 fully saturated rings. The lowest BCUT2D eigenvalue weighted by Gasteiger charge is -2.51. The Balaban J connectivity index is 1.40. The molecule has 176 valence electrons. The highest BCUT2D eigenvalue weighted by Gasteiger charge is 2.53. The van der Waals surface area contributed by atoms with Crippen molar-refractivity contribution in [3.8, 4) is 0 Å². The number of nitrogen functional groups attached to an aromatic ring is 2. The van der Waals surface area contributed by atoms with Crippen molar-refractivity contribution in [2.45, 2.75) is 11.8 Å². The van der Waals surface area contributed by atoms with Crippen LogP contribution in [0.4, 0.5) is 11.9 Å². The molecule has 12 nitrogen and oxygen atoms in total. The molecule has 5 rings (SSSR count). The number of carbonyl (C=O) groups is 2. The van der Waals surface area contributed by atoms with Crippen LogP contribution in [-0.4, -0.2) is 54.8 Å². The van der Waals surface area contributed by atoms with Gasteiger partial charge in [0, 0.05) is 48.7 Å². The third-order valence-corrected chi connectivity index (χ3v) is 6.49. The molecule has 0 aromatic carbocycles. The summed E-state index contributed by atoms with van der Waals surface area (Å²) >= 11 is 0. The number of rotatable bonds is 8. The van der Waals surface area contributed by atoms with Gasteiger partial charge in [-0.2, -0.15) is 0 Å². The molecule has 0 saturated heterocycles. The highest BCUT2D eigenvalue weighted by Crippen LogP contribution is 2.56. The minimum Gasteiger partial charge on any atom is -0.369 e. The fourth-order valence-corrected chi connectivity index (χ4v) is 4.92. The van der Waals surface area contributed by atoms with Crippen molar-refractivity contribution in [1.82, 2.24) is 40.5 Å². The fourth-order valence-electron chi connectivity index (χ4n) is 4.92. The van der Waals surface area contributed by atoms with E-state index in [1.54, 1.807) is 49.1 Å². The molecule has 1 saturated carbocycles. The number of carbonyl (C=O) groups excluding carboxylic acids is 2. The number of amides is 2. The molecule has 4 atom stereocenters. The first-order valence-corrected chi connectivity index (χ1v) is 10.9. The fraction of sp³-hybridized carbons (Fsp3) is 0.273. The Hall–Kier alpha value is -4.48. The number of hydrogen-bond acceptors (Lipinski definition) is 6. The van der Waals surface area contributed by atoms with E-state index in [9.17, 15) is 9.59 Å². The Labute approximate surface area is 194 Å². The smallest absolute Gasteiger partial charge is 0.267 e. The molecule has 0 aliphatic heterocycles. The monoisotopic (exact) mass is 462 g/mol. The van der Waals surface area contributed by atoms with Crippen LogP contribution in [0.2, 0.25) is 0 Å². The normalized spacial score (nSPS) is 21.6. The molecule has 34 heavy (non-hydrogen) atoms. The summed E-state index contributed by atoms with van der Waals surface area (Å²) in [6.07, 6.45) is 6.82. The first kappa shape index (κ1) is 21.4. The van der Waals surface area contributed by atoms with Crippen molar-refractivity contribution in [2.24, 2.45) is 11.8 Å². The SMILES string of the molecule is Nc1ncc(C2C(CNC(=O)c3ccc[nH]3)C(CNC(=O)c3ccc[nH]3)C2c2cnc(N)[nH]2)[nH]1. The molecule has 10 N–H and O–H groups in total. The predicted molar refractivity (Wildman–Crippen MR) is 125 cm³/mol. The van der Waals surface area contributed by atoms with E-state index in [2.05, 4.69) is 40.5 Å². The average Bonchev–Trinajstić information content (AvgIpc) is 3.61. The van der Waals surface area contributed by atoms with Crippen LogP contribution in [-0.2, 0) is 0 Å². The summed E-state index contributed by atoms with van der Waals surface area (Å²) in [5, 5.41) is 6.02. The lowest BCUT2D eigenvalue weighted by atomic mass is 9.54. The third-order valence-electron chi connectivity index (χ3n) is 6.49. The molecule has 0 radical (unpaired) electrons. The number of anilines is 2. The lowest BCUT2D eigenvalue weighted by Crippen LogP contribution is -2.53. The second-order valence-electron chi connectivity index (χ2n) is 8.41. The summed E-state index contributed by atoms with van der Waals surface area (Å²) in [5.74, 6) is 0.0927. The van der Waals surface area contributed by atoms with Crippen molar-refractivity contribution in [2.75, 3.05) is 24.6 Å². The number of imidazole rings is 2. The maximum absolute atomic E-state index is 12.6. The molecular formula is C22H26N10O2. The van der Waals surface area contributed by atoms with Crippen molar-refractivity contribution < 1.29 is 9.59 Å². The molecule has 12 heteroatoms. The maximum Gasteiger partial charge on any atom is 0.267 e. The molecule has 0 bridgehead atoms. The van der Waals surface area contributed by atoms with Gasteiger partial charge < -0.3 is 42.0 Å². The quantitative estimate of drug-likeness (QED) is 0.191. The average molecular weight is 463 g/mol. The van der Waals surface area contributed by atoms with E-state index in [-0.39, 0.29) is 35.5 Å². The summed E-state index contributed by atoms with van der Waals surface area (Å²) in [6.45, 7) is 0.787. The van der Waals surface area contributed by atoms with Crippen molar-refractivity contribution in [3.05, 3.63) is 71.8 Å². The summed E-state index contributed by atoms with van der Waals surface area (Å²) in [4.78, 5) is 45.6. The van der Waals surface area contributed by atoms with Crippen molar-refractivity contribution >= 4 is 23.7 Å². The Morgan fingerprint density at radius 2 is 1.24 bits per heavy atom. The molecule has 1 aliphatic rings. The van der Waals surface area contributed by atoms with Gasteiger partial charge in [-0.15, -0.1) is 0 Å². The standard InChI is InChI=1S/C22H26N10O2/c23-21-29-9-15(31-21)17-11(7-27-19(33)13-3-1-5-25-13)12(18(17)16-10-30-22(24)32-16)8-28-20(34)14-4-2-6-26-14/h1-6,9-12,17-18,25-26H,7-8H2,(H,27,33)(H,28,34)(H3,23,29,31)(H3,24,30,32). The van der Waals surface area contributed by atoms with Crippen LogP contribution in [0.15, 0.2) is 49.1 Å². The second kappa shape index (κ2) is 8.81. The van der Waals surface area contributed by atoms with Crippen LogP contribution in [0.5, 0.6) is 0 Å². The molecule has 4 unspecified atom stereocenters. The summed E-state index contributed by atoms with van der Waals surface area (Å²) in [5.41, 5.74) is 14.4. The Bertz CT molecular complexity index is 1160. The molecule has 1 aliphatic carbocycles. The maximum atomic E-state index is 12.6. The Morgan fingerprint density at radius 1 is 0.794 bits per heavy atom. The van der Waals surface area contributed by atoms with Gasteiger partial charge in [0.15, 0.2) is 11.9 Å². The number of aromatic nitrogens is 6. The van der Waals surface area contributed by atoms with Gasteiger partial charge in [-0.1, -0.05) is 0 Å². The predicted octanol–water partition coefficient (Wildman–Crippen LogP) is 0.927. The third kappa shape index (κ3) is 4.00. The van der Waals surface area contributed by atoms with Crippen LogP contribution in [0.3, 0.4) is 0 Å². The van der Waals surface area contributed by atoms with Gasteiger partial charge >= 0.3 is 0 Å². The van der Waals surface area contributed by atoms with Gasteiger partial charge in [-0.25, -0.2) is 9.97 Å². The molecular weight excluding hydrogens is 436 g/mol. The minimum absolute atomic E-state index is 0.0165. The van der Waals surface area contributed by atoms with E-state index in [0.717, 1.165) is 11.4 Å². The summed E-state index contributed by atoms with van der Waals surface area (Å²) < 4.78 is 0. The van der Waals surface area contributed by atoms with E-state index in [1.807, 2.05) is 0 Å². The van der Waals surface area contributed by atoms with E-state index >= 15 is 0 Å². The zero-order chi connectivity index (χ0) is 23.7. The molecule has 2 amide bonds. The first-order valence-electron chi connectivity index (χ1n) is 10.9. The van der Waals surface area contributed by atoms with Gasteiger partial charge in [0.2, 0.25) is 0 Å². The summed E-state index contributed by atoms with van der Waals surface area (Å²) in [7, 11) is 0. The van der Waals surface area contributed by atoms with E-state index in [0.29, 0.717) is 36.4 Å². The van der Waals surface area contributed by atoms with Crippen LogP contribution >= 0.6 is 0 Å². The second-order valence-corrected chi connectivity index (χ2v) is 8.41. The van der Waals surface area contributed by atoms with Crippen LogP contribution in [0.1, 0.15) is 44.2 Å². The highest BCUT2D eigenvalue weighted by molar-refractivity contribution is 5.92. The van der Waals surface area contributed by atoms with Crippen LogP contribution in [0.25, 0.3) is 0 Å². The molecule has 0 spiro atoms. The Morgan fingerprint density at radius 3 is 1.56 bits per heavy atom. The van der Waals surface area contributed by atoms with E-state index in [4.69, 9.17) is 11.5 Å². The number of H-pyrrole nitrogens is 4. The molecule has 4 heterocycles. The number of nitrogens with one attached hydrogen (secondary N) is 6. The van der Waals surface area contributed by atoms with E-state index < -0.39 is 0 Å². The number of hydrogen-bond donors (Lipinski definition) is 8. The van der Waals surface area contributed by atoms with Crippen LogP contribution < -0.4 is 22.1 Å². The summed E-state index contributed by atoms with van der Waals surface area (Å²) in [6, 6.07) is 6.97. The Kier molecular flexibility index (Phi) is 5.54. The van der Waals surface area contributed by atoms with Gasteiger partial charge in [0.25, 0.3) is 11.8 Å². The van der Waals surface area contributed by atoms with Gasteiger partial charge in [-0.05, 0) is 36.1 Å². The van der Waals surface area contributed by atoms with Crippen molar-refractivity contribution in [1.29, 1.82) is 0 Å². The minimum atomic E-state index is -0.198. The lowest BCUT2D eigenvalue weighted by molar-refractivity contribution is 0.0674. The first-order chi connectivity index (χ1) is 16.5. The topological polar surface area (TPSA) is 199 Å². The van der Waals surface area contributed by atoms with E-state index in [1.165, 1.54) is 0 Å². The van der Waals surface area contributed by atoms with Gasteiger partial charge in [-0.3, -0.25) is 9.59 Å². The molecule has 4 aromatic heterocycles. The van der Waals surface area contributed by atoms with Crippen LogP contribution in [0, 0.1) is 11.8 Å². The zero-order valence-corrected chi connectivity index (χ0v) is 18.2. The number of nitrogens with zero attached hydrogens (tertiary/aromatic N) is 2. The highest BCUT2D eigenvalue weighted by atomic mass is 16.2. The number of nitrogens with two attached hydrogens (primary N) is 2. The molecule has 4 aromatic rings. The number of aromatic amines is 4. The largest absolute Gasteiger partial charge is 0.369 e. The van der Waals surface area contributed by atoms with Gasteiger partial charge in [0.1, 0.15) is 11.4 Å².